The van der Waals surface area contributed by atoms with Crippen LogP contribution in [0.1, 0.15) is 49.7 Å². The molecule has 0 amide bonds. The average Bonchev–Trinajstić information content (AvgIpc) is 3.01. The standard InChI is InChI=1S/C23H30N2O3/c1-5-27-21-10-6-7-11-22(21)28-13-9-8-12-25-20-15-17(3)16(2)14-19(20)24-23(25)18(4)26/h6-7,10-11,14-15,18,26H,5,8-9,12-13H2,1-4H3. The van der Waals surface area contributed by atoms with Crippen LogP contribution in [0.3, 0.4) is 0 Å². The number of imidazole rings is 1. The maximum absolute atomic E-state index is 10.2. The summed E-state index contributed by atoms with van der Waals surface area (Å²) in [6, 6.07) is 12.0. The molecule has 1 N–H and O–H groups in total. The molecule has 1 heterocycles. The molecule has 3 rings (SSSR count). The number of aliphatic hydroxyl groups is 1. The van der Waals surface area contributed by atoms with Gasteiger partial charge in [-0.05, 0) is 75.9 Å². The summed E-state index contributed by atoms with van der Waals surface area (Å²) in [4.78, 5) is 4.66. The summed E-state index contributed by atoms with van der Waals surface area (Å²) < 4.78 is 13.6. The van der Waals surface area contributed by atoms with E-state index in [2.05, 4.69) is 35.5 Å². The third kappa shape index (κ3) is 4.47. The van der Waals surface area contributed by atoms with Crippen LogP contribution in [0, 0.1) is 13.8 Å². The van der Waals surface area contributed by atoms with Crippen LogP contribution in [0.25, 0.3) is 11.0 Å². The maximum atomic E-state index is 10.2. The SMILES string of the molecule is CCOc1ccccc1OCCCCn1c(C(C)O)nc2cc(C)c(C)cc21. The van der Waals surface area contributed by atoms with E-state index in [9.17, 15) is 5.11 Å². The fraction of sp³-hybridized carbons (Fsp3) is 0.435. The molecule has 0 saturated heterocycles. The lowest BCUT2D eigenvalue weighted by atomic mass is 10.1. The number of aromatic nitrogens is 2. The zero-order valence-electron chi connectivity index (χ0n) is 17.2. The van der Waals surface area contributed by atoms with Crippen LogP contribution in [0.4, 0.5) is 0 Å². The number of benzene rings is 2. The van der Waals surface area contributed by atoms with Crippen molar-refractivity contribution in [1.82, 2.24) is 9.55 Å². The van der Waals surface area contributed by atoms with E-state index >= 15 is 0 Å². The molecule has 5 nitrogen and oxygen atoms in total. The Morgan fingerprint density at radius 1 is 1.04 bits per heavy atom. The Balaban J connectivity index is 1.64. The Morgan fingerprint density at radius 3 is 2.39 bits per heavy atom. The molecule has 1 atom stereocenters. The Kier molecular flexibility index (Phi) is 6.57. The molecule has 2 aromatic carbocycles. The first-order valence-corrected chi connectivity index (χ1v) is 10.0. The largest absolute Gasteiger partial charge is 0.490 e. The molecule has 0 radical (unpaired) electrons. The van der Waals surface area contributed by atoms with Crippen molar-refractivity contribution in [3.05, 3.63) is 53.3 Å². The molecule has 0 fully saturated rings. The summed E-state index contributed by atoms with van der Waals surface area (Å²) >= 11 is 0. The molecule has 0 aliphatic carbocycles. The van der Waals surface area contributed by atoms with Crippen LogP contribution < -0.4 is 9.47 Å². The normalized spacial score (nSPS) is 12.3. The number of ether oxygens (including phenoxy) is 2. The Labute approximate surface area is 166 Å². The summed E-state index contributed by atoms with van der Waals surface area (Å²) in [5.41, 5.74) is 4.49. The molecule has 0 spiro atoms. The van der Waals surface area contributed by atoms with Gasteiger partial charge in [0, 0.05) is 6.54 Å². The highest BCUT2D eigenvalue weighted by molar-refractivity contribution is 5.78. The van der Waals surface area contributed by atoms with E-state index in [0.717, 1.165) is 47.7 Å². The predicted octanol–water partition coefficient (Wildman–Crippen LogP) is 4.96. The zero-order chi connectivity index (χ0) is 20.1. The first kappa shape index (κ1) is 20.2. The van der Waals surface area contributed by atoms with Crippen molar-refractivity contribution < 1.29 is 14.6 Å². The van der Waals surface area contributed by atoms with Gasteiger partial charge in [0.25, 0.3) is 0 Å². The van der Waals surface area contributed by atoms with E-state index in [1.165, 1.54) is 11.1 Å². The van der Waals surface area contributed by atoms with E-state index in [0.29, 0.717) is 13.2 Å². The Bertz CT molecular complexity index is 931. The maximum Gasteiger partial charge on any atom is 0.161 e. The van der Waals surface area contributed by atoms with E-state index in [1.807, 2.05) is 31.2 Å². The first-order chi connectivity index (χ1) is 13.5. The number of aliphatic hydroxyl groups excluding tert-OH is 1. The van der Waals surface area contributed by atoms with Gasteiger partial charge >= 0.3 is 0 Å². The lowest BCUT2D eigenvalue weighted by Crippen LogP contribution is -2.08. The van der Waals surface area contributed by atoms with E-state index < -0.39 is 6.10 Å². The minimum Gasteiger partial charge on any atom is -0.490 e. The second-order valence-electron chi connectivity index (χ2n) is 7.16. The van der Waals surface area contributed by atoms with Gasteiger partial charge in [-0.2, -0.15) is 0 Å². The molecule has 150 valence electrons. The number of unbranched alkanes of at least 4 members (excludes halogenated alkanes) is 1. The minimum atomic E-state index is -0.595. The van der Waals surface area contributed by atoms with Crippen LogP contribution >= 0.6 is 0 Å². The van der Waals surface area contributed by atoms with Gasteiger partial charge in [0.1, 0.15) is 11.9 Å². The van der Waals surface area contributed by atoms with Crippen molar-refractivity contribution in [3.8, 4) is 11.5 Å². The summed E-state index contributed by atoms with van der Waals surface area (Å²) in [6.07, 6.45) is 1.25. The van der Waals surface area contributed by atoms with Crippen molar-refractivity contribution >= 4 is 11.0 Å². The highest BCUT2D eigenvalue weighted by Crippen LogP contribution is 2.27. The van der Waals surface area contributed by atoms with Gasteiger partial charge in [-0.1, -0.05) is 12.1 Å². The summed E-state index contributed by atoms with van der Waals surface area (Å²) in [6.45, 7) is 9.98. The highest BCUT2D eigenvalue weighted by atomic mass is 16.5. The fourth-order valence-corrected chi connectivity index (χ4v) is 3.35. The Morgan fingerprint density at radius 2 is 1.71 bits per heavy atom. The zero-order valence-corrected chi connectivity index (χ0v) is 17.2. The monoisotopic (exact) mass is 382 g/mol. The minimum absolute atomic E-state index is 0.595. The highest BCUT2D eigenvalue weighted by Gasteiger charge is 2.15. The molecule has 0 aliphatic rings. The van der Waals surface area contributed by atoms with Crippen LogP contribution in [-0.4, -0.2) is 27.9 Å². The van der Waals surface area contributed by atoms with Gasteiger partial charge in [-0.3, -0.25) is 0 Å². The molecule has 3 aromatic rings. The number of hydrogen-bond acceptors (Lipinski definition) is 4. The second kappa shape index (κ2) is 9.11. The molecule has 5 heteroatoms. The smallest absolute Gasteiger partial charge is 0.161 e. The number of para-hydroxylation sites is 2. The van der Waals surface area contributed by atoms with Crippen LogP contribution in [0.15, 0.2) is 36.4 Å². The van der Waals surface area contributed by atoms with E-state index in [1.54, 1.807) is 6.92 Å². The van der Waals surface area contributed by atoms with Crippen LogP contribution in [0.2, 0.25) is 0 Å². The summed E-state index contributed by atoms with van der Waals surface area (Å²) in [5.74, 6) is 2.30. The van der Waals surface area contributed by atoms with Crippen LogP contribution in [-0.2, 0) is 6.54 Å². The molecular weight excluding hydrogens is 352 g/mol. The summed E-state index contributed by atoms with van der Waals surface area (Å²) in [7, 11) is 0. The number of hydrogen-bond donors (Lipinski definition) is 1. The van der Waals surface area contributed by atoms with Crippen molar-refractivity contribution in [2.75, 3.05) is 13.2 Å². The quantitative estimate of drug-likeness (QED) is 0.531. The van der Waals surface area contributed by atoms with Gasteiger partial charge in [-0.15, -0.1) is 0 Å². The van der Waals surface area contributed by atoms with E-state index in [-0.39, 0.29) is 0 Å². The van der Waals surface area contributed by atoms with Gasteiger partial charge in [0.2, 0.25) is 0 Å². The molecular formula is C23H30N2O3. The van der Waals surface area contributed by atoms with Gasteiger partial charge < -0.3 is 19.1 Å². The van der Waals surface area contributed by atoms with E-state index in [4.69, 9.17) is 9.47 Å². The average molecular weight is 383 g/mol. The number of rotatable bonds is 9. The predicted molar refractivity (Wildman–Crippen MR) is 112 cm³/mol. The number of nitrogens with zero attached hydrogens (tertiary/aromatic N) is 2. The molecule has 0 saturated carbocycles. The number of fused-ring (bicyclic) bond motifs is 1. The topological polar surface area (TPSA) is 56.5 Å². The van der Waals surface area contributed by atoms with Gasteiger partial charge in [0.15, 0.2) is 11.5 Å². The fourth-order valence-electron chi connectivity index (χ4n) is 3.35. The molecule has 0 aliphatic heterocycles. The lowest BCUT2D eigenvalue weighted by molar-refractivity contribution is 0.184. The lowest BCUT2D eigenvalue weighted by Gasteiger charge is -2.13. The van der Waals surface area contributed by atoms with Crippen molar-refractivity contribution in [1.29, 1.82) is 0 Å². The first-order valence-electron chi connectivity index (χ1n) is 10.0. The third-order valence-corrected chi connectivity index (χ3v) is 4.95. The molecule has 1 aromatic heterocycles. The molecule has 28 heavy (non-hydrogen) atoms. The van der Waals surface area contributed by atoms with Crippen molar-refractivity contribution in [3.63, 3.8) is 0 Å². The molecule has 0 bridgehead atoms. The second-order valence-corrected chi connectivity index (χ2v) is 7.16. The van der Waals surface area contributed by atoms with Gasteiger partial charge in [0.05, 0.1) is 24.2 Å². The van der Waals surface area contributed by atoms with Crippen LogP contribution in [0.5, 0.6) is 11.5 Å². The Hall–Kier alpha value is -2.53. The summed E-state index contributed by atoms with van der Waals surface area (Å²) in [5, 5.41) is 10.2. The molecule has 1 unspecified atom stereocenters. The van der Waals surface area contributed by atoms with Crippen molar-refractivity contribution in [2.45, 2.75) is 53.2 Å². The van der Waals surface area contributed by atoms with Crippen molar-refractivity contribution in [2.24, 2.45) is 0 Å². The third-order valence-electron chi connectivity index (χ3n) is 4.95. The van der Waals surface area contributed by atoms with Gasteiger partial charge in [-0.25, -0.2) is 4.98 Å². The number of aryl methyl sites for hydroxylation is 3.